The van der Waals surface area contributed by atoms with Crippen LogP contribution in [0.5, 0.6) is 0 Å². The second-order valence-corrected chi connectivity index (χ2v) is 7.04. The fourth-order valence-corrected chi connectivity index (χ4v) is 2.10. The summed E-state index contributed by atoms with van der Waals surface area (Å²) < 4.78 is 23.3. The maximum absolute atomic E-state index is 11.8. The van der Waals surface area contributed by atoms with E-state index in [4.69, 9.17) is 5.11 Å². The molecule has 7 nitrogen and oxygen atoms in total. The highest BCUT2D eigenvalue weighted by Crippen LogP contribution is 2.30. The molecule has 0 aliphatic carbocycles. The van der Waals surface area contributed by atoms with Gasteiger partial charge in [-0.1, -0.05) is 0 Å². The van der Waals surface area contributed by atoms with Gasteiger partial charge in [-0.15, -0.1) is 0 Å². The molecule has 1 fully saturated rings. The van der Waals surface area contributed by atoms with Crippen LogP contribution in [-0.4, -0.2) is 67.5 Å². The molecule has 1 unspecified atom stereocenters. The second kappa shape index (κ2) is 4.85. The van der Waals surface area contributed by atoms with Gasteiger partial charge in [-0.05, 0) is 13.3 Å². The number of likely N-dealkylation sites (N-methyl/N-ethyl adjacent to an activating group) is 1. The number of carbonyl (C=O) groups is 2. The molecule has 1 amide bonds. The summed E-state index contributed by atoms with van der Waals surface area (Å²) >= 11 is 0. The summed E-state index contributed by atoms with van der Waals surface area (Å²) in [5, 5.41) is 9.04. The molecule has 1 atom stereocenters. The lowest BCUT2D eigenvalue weighted by Gasteiger charge is -2.22. The Balaban J connectivity index is 2.64. The van der Waals surface area contributed by atoms with Gasteiger partial charge in [0.05, 0.1) is 18.2 Å². The number of carboxylic acid groups (broad SMARTS) is 1. The third-order valence-corrected chi connectivity index (χ3v) is 4.53. The molecule has 8 heteroatoms. The zero-order valence-corrected chi connectivity index (χ0v) is 11.5. The molecule has 1 saturated heterocycles. The first kappa shape index (κ1) is 14.9. The summed E-state index contributed by atoms with van der Waals surface area (Å²) in [6.45, 7) is 1.80. The highest BCUT2D eigenvalue weighted by atomic mass is 32.2. The molecule has 18 heavy (non-hydrogen) atoms. The Hall–Kier alpha value is -1.15. The fourth-order valence-electron chi connectivity index (χ4n) is 1.76. The smallest absolute Gasteiger partial charge is 0.311 e. The maximum Gasteiger partial charge on any atom is 0.311 e. The summed E-state index contributed by atoms with van der Waals surface area (Å²) in [7, 11) is -2.08. The van der Waals surface area contributed by atoms with Crippen molar-refractivity contribution in [3.05, 3.63) is 0 Å². The lowest BCUT2D eigenvalue weighted by molar-refractivity contribution is -0.147. The number of amides is 1. The van der Waals surface area contributed by atoms with E-state index < -0.39 is 21.4 Å². The van der Waals surface area contributed by atoms with Crippen LogP contribution in [0, 0.1) is 5.41 Å². The van der Waals surface area contributed by atoms with Gasteiger partial charge in [0.1, 0.15) is 0 Å². The first-order valence-corrected chi connectivity index (χ1v) is 7.33. The number of rotatable bonds is 4. The van der Waals surface area contributed by atoms with Crippen LogP contribution in [0.25, 0.3) is 0 Å². The van der Waals surface area contributed by atoms with Crippen molar-refractivity contribution in [1.29, 1.82) is 0 Å². The zero-order valence-electron chi connectivity index (χ0n) is 10.7. The van der Waals surface area contributed by atoms with Crippen molar-refractivity contribution in [3.8, 4) is 0 Å². The first-order valence-electron chi connectivity index (χ1n) is 5.49. The number of carboxylic acids is 1. The largest absolute Gasteiger partial charge is 0.481 e. The average Bonchev–Trinajstić information content (AvgIpc) is 2.61. The van der Waals surface area contributed by atoms with Gasteiger partial charge in [0.15, 0.2) is 0 Å². The Bertz CT molecular complexity index is 461. The molecule has 1 aliphatic heterocycles. The third-order valence-electron chi connectivity index (χ3n) is 3.27. The van der Waals surface area contributed by atoms with Crippen molar-refractivity contribution >= 4 is 21.9 Å². The van der Waals surface area contributed by atoms with Crippen molar-refractivity contribution < 1.29 is 23.1 Å². The van der Waals surface area contributed by atoms with E-state index in [1.807, 2.05) is 0 Å². The number of hydrogen-bond acceptors (Lipinski definition) is 4. The van der Waals surface area contributed by atoms with Crippen LogP contribution >= 0.6 is 0 Å². The summed E-state index contributed by atoms with van der Waals surface area (Å²) in [5.74, 6) is -1.30. The lowest BCUT2D eigenvalue weighted by Crippen LogP contribution is -2.41. The first-order chi connectivity index (χ1) is 8.06. The van der Waals surface area contributed by atoms with Crippen molar-refractivity contribution in [2.45, 2.75) is 13.3 Å². The van der Waals surface area contributed by atoms with Gasteiger partial charge >= 0.3 is 5.97 Å². The third kappa shape index (κ3) is 3.20. The molecule has 0 aromatic heterocycles. The van der Waals surface area contributed by atoms with E-state index in [2.05, 4.69) is 0 Å². The molecule has 1 aliphatic rings. The molecule has 1 rings (SSSR count). The minimum absolute atomic E-state index is 0.124. The lowest BCUT2D eigenvalue weighted by atomic mass is 9.90. The van der Waals surface area contributed by atoms with Gasteiger partial charge in [0, 0.05) is 20.1 Å². The number of hydrogen-bond donors (Lipinski definition) is 1. The molecule has 0 spiro atoms. The molecule has 0 saturated carbocycles. The van der Waals surface area contributed by atoms with Crippen molar-refractivity contribution in [1.82, 2.24) is 9.21 Å². The van der Waals surface area contributed by atoms with E-state index in [1.165, 1.54) is 11.9 Å². The minimum atomic E-state index is -3.40. The number of carbonyl (C=O) groups excluding carboxylic acids is 1. The van der Waals surface area contributed by atoms with Gasteiger partial charge in [-0.3, -0.25) is 9.59 Å². The highest BCUT2D eigenvalue weighted by Gasteiger charge is 2.42. The second-order valence-electron chi connectivity index (χ2n) is 4.95. The topological polar surface area (TPSA) is 95.0 Å². The van der Waals surface area contributed by atoms with E-state index in [1.54, 1.807) is 6.92 Å². The molecule has 1 N–H and O–H groups in total. The van der Waals surface area contributed by atoms with Gasteiger partial charge in [-0.25, -0.2) is 8.42 Å². The van der Waals surface area contributed by atoms with E-state index in [-0.39, 0.29) is 19.0 Å². The molecular formula is C10H18N2O5S. The number of likely N-dealkylation sites (tertiary alicyclic amines) is 1. The normalized spacial score (nSPS) is 24.6. The molecular weight excluding hydrogens is 260 g/mol. The number of aliphatic carboxylic acids is 1. The quantitative estimate of drug-likeness (QED) is 0.726. The number of nitrogens with zero attached hydrogens (tertiary/aromatic N) is 2. The Morgan fingerprint density at radius 3 is 2.39 bits per heavy atom. The fraction of sp³-hybridized carbons (Fsp3) is 0.800. The van der Waals surface area contributed by atoms with Gasteiger partial charge in [0.2, 0.25) is 15.9 Å². The van der Waals surface area contributed by atoms with Crippen molar-refractivity contribution in [2.24, 2.45) is 5.41 Å². The van der Waals surface area contributed by atoms with Gasteiger partial charge < -0.3 is 10.0 Å². The van der Waals surface area contributed by atoms with Crippen LogP contribution in [0.3, 0.4) is 0 Å². The zero-order chi connectivity index (χ0) is 14.1. The van der Waals surface area contributed by atoms with E-state index >= 15 is 0 Å². The molecule has 1 heterocycles. The van der Waals surface area contributed by atoms with Crippen LogP contribution < -0.4 is 0 Å². The average molecular weight is 278 g/mol. The summed E-state index contributed by atoms with van der Waals surface area (Å²) in [5.41, 5.74) is -0.931. The predicted molar refractivity (Wildman–Crippen MR) is 64.4 cm³/mol. The Labute approximate surface area is 106 Å². The Morgan fingerprint density at radius 2 is 2.00 bits per heavy atom. The van der Waals surface area contributed by atoms with Crippen LogP contribution in [0.15, 0.2) is 0 Å². The Morgan fingerprint density at radius 1 is 1.44 bits per heavy atom. The minimum Gasteiger partial charge on any atom is -0.481 e. The van der Waals surface area contributed by atoms with Crippen LogP contribution in [0.2, 0.25) is 0 Å². The van der Waals surface area contributed by atoms with E-state index in [0.717, 1.165) is 10.6 Å². The van der Waals surface area contributed by atoms with Crippen molar-refractivity contribution in [2.75, 3.05) is 32.9 Å². The standard InChI is InChI=1S/C10H18N2O5S/c1-10(9(14)15)4-5-12(7-10)8(13)6-11(2)18(3,16)17/h4-7H2,1-3H3,(H,14,15). The van der Waals surface area contributed by atoms with Gasteiger partial charge in [0.25, 0.3) is 0 Å². The molecule has 0 radical (unpaired) electrons. The van der Waals surface area contributed by atoms with Gasteiger partial charge in [-0.2, -0.15) is 4.31 Å². The summed E-state index contributed by atoms with van der Waals surface area (Å²) in [6.07, 6.45) is 1.41. The van der Waals surface area contributed by atoms with Crippen LogP contribution in [0.4, 0.5) is 0 Å². The van der Waals surface area contributed by atoms with Crippen molar-refractivity contribution in [3.63, 3.8) is 0 Å². The van der Waals surface area contributed by atoms with Crippen LogP contribution in [-0.2, 0) is 19.6 Å². The number of sulfonamides is 1. The monoisotopic (exact) mass is 278 g/mol. The van der Waals surface area contributed by atoms with Crippen LogP contribution in [0.1, 0.15) is 13.3 Å². The summed E-state index contributed by atoms with van der Waals surface area (Å²) in [4.78, 5) is 24.3. The molecule has 0 aromatic carbocycles. The maximum atomic E-state index is 11.8. The van der Waals surface area contributed by atoms with E-state index in [0.29, 0.717) is 13.0 Å². The molecule has 0 aromatic rings. The Kier molecular flexibility index (Phi) is 4.02. The summed E-state index contributed by atoms with van der Waals surface area (Å²) in [6, 6.07) is 0. The highest BCUT2D eigenvalue weighted by molar-refractivity contribution is 7.88. The molecule has 0 bridgehead atoms. The predicted octanol–water partition coefficient (Wildman–Crippen LogP) is -0.799. The SMILES string of the molecule is CN(CC(=O)N1CCC(C)(C(=O)O)C1)S(C)(=O)=O. The molecule has 104 valence electrons. The van der Waals surface area contributed by atoms with E-state index in [9.17, 15) is 18.0 Å².